The molecule has 0 atom stereocenters. The van der Waals surface area contributed by atoms with E-state index in [-0.39, 0.29) is 6.29 Å². The van der Waals surface area contributed by atoms with E-state index in [4.69, 9.17) is 9.47 Å². The maximum Gasteiger partial charge on any atom is 0.177 e. The van der Waals surface area contributed by atoms with Crippen molar-refractivity contribution in [2.45, 2.75) is 12.7 Å². The molecule has 1 aliphatic heterocycles. The minimum Gasteiger partial charge on any atom is -0.349 e. The van der Waals surface area contributed by atoms with Crippen molar-refractivity contribution in [2.75, 3.05) is 13.2 Å². The number of benzene rings is 1. The summed E-state index contributed by atoms with van der Waals surface area (Å²) >= 11 is 0. The maximum absolute atomic E-state index is 5.39. The number of ether oxygens (including phenoxy) is 2. The Morgan fingerprint density at radius 1 is 1.07 bits per heavy atom. The first-order chi connectivity index (χ1) is 6.95. The van der Waals surface area contributed by atoms with Gasteiger partial charge in [-0.15, -0.1) is 0 Å². The molecule has 0 unspecified atom stereocenters. The Morgan fingerprint density at radius 3 is 2.50 bits per heavy atom. The van der Waals surface area contributed by atoms with E-state index in [0.717, 1.165) is 19.6 Å². The van der Waals surface area contributed by atoms with Crippen LogP contribution in [0.2, 0.25) is 0 Å². The van der Waals surface area contributed by atoms with Crippen LogP contribution in [0.4, 0.5) is 0 Å². The molecule has 0 radical (unpaired) electrons. The van der Waals surface area contributed by atoms with Crippen molar-refractivity contribution in [1.82, 2.24) is 0 Å². The van der Waals surface area contributed by atoms with E-state index in [1.165, 1.54) is 5.56 Å². The Hall–Kier alpha value is -1.12. The van der Waals surface area contributed by atoms with Crippen molar-refractivity contribution in [3.05, 3.63) is 42.0 Å². The lowest BCUT2D eigenvalue weighted by molar-refractivity contribution is -0.149. The third-order valence-electron chi connectivity index (χ3n) is 2.10. The van der Waals surface area contributed by atoms with Crippen molar-refractivity contribution < 1.29 is 9.47 Å². The van der Waals surface area contributed by atoms with Gasteiger partial charge in [-0.3, -0.25) is 0 Å². The predicted molar refractivity (Wildman–Crippen MR) is 55.8 cm³/mol. The van der Waals surface area contributed by atoms with Gasteiger partial charge in [-0.05, 0) is 18.1 Å². The largest absolute Gasteiger partial charge is 0.349 e. The lowest BCUT2D eigenvalue weighted by atomic mass is 10.2. The summed E-state index contributed by atoms with van der Waals surface area (Å²) in [7, 11) is 0. The lowest BCUT2D eigenvalue weighted by Crippen LogP contribution is -2.22. The van der Waals surface area contributed by atoms with Crippen molar-refractivity contribution in [1.29, 1.82) is 0 Å². The fourth-order valence-corrected chi connectivity index (χ4v) is 1.37. The normalized spacial score (nSPS) is 18.9. The van der Waals surface area contributed by atoms with E-state index in [1.807, 2.05) is 30.4 Å². The van der Waals surface area contributed by atoms with Gasteiger partial charge in [-0.2, -0.15) is 0 Å². The highest BCUT2D eigenvalue weighted by Gasteiger charge is 2.09. The van der Waals surface area contributed by atoms with Gasteiger partial charge < -0.3 is 9.47 Å². The molecule has 2 nitrogen and oxygen atoms in total. The molecule has 0 saturated carbocycles. The van der Waals surface area contributed by atoms with Gasteiger partial charge in [0.05, 0.1) is 13.2 Å². The molecule has 1 heterocycles. The second-order valence-electron chi connectivity index (χ2n) is 3.23. The molecule has 14 heavy (non-hydrogen) atoms. The fraction of sp³-hybridized carbons (Fsp3) is 0.333. The predicted octanol–water partition coefficient (Wildman–Crippen LogP) is 2.46. The number of rotatable bonds is 2. The van der Waals surface area contributed by atoms with E-state index in [2.05, 4.69) is 12.1 Å². The first kappa shape index (κ1) is 9.44. The Bertz CT molecular complexity index is 286. The minimum absolute atomic E-state index is 0.163. The molecular weight excluding hydrogens is 176 g/mol. The summed E-state index contributed by atoms with van der Waals surface area (Å²) in [5.41, 5.74) is 1.17. The molecule has 1 aromatic carbocycles. The molecule has 2 rings (SSSR count). The molecule has 74 valence electrons. The summed E-state index contributed by atoms with van der Waals surface area (Å²) in [6.07, 6.45) is 4.81. The van der Waals surface area contributed by atoms with Crippen molar-refractivity contribution in [2.24, 2.45) is 0 Å². The molecule has 0 spiro atoms. The van der Waals surface area contributed by atoms with Gasteiger partial charge in [-0.25, -0.2) is 0 Å². The van der Waals surface area contributed by atoms with Crippen LogP contribution in [0.15, 0.2) is 36.4 Å². The number of hydrogen-bond donors (Lipinski definition) is 0. The van der Waals surface area contributed by atoms with Gasteiger partial charge in [0.1, 0.15) is 0 Å². The molecule has 1 saturated heterocycles. The van der Waals surface area contributed by atoms with Crippen LogP contribution in [-0.2, 0) is 9.47 Å². The molecule has 0 N–H and O–H groups in total. The van der Waals surface area contributed by atoms with E-state index in [9.17, 15) is 0 Å². The lowest BCUT2D eigenvalue weighted by Gasteiger charge is -2.19. The minimum atomic E-state index is -0.163. The molecule has 0 aliphatic carbocycles. The molecule has 1 aromatic rings. The van der Waals surface area contributed by atoms with Crippen molar-refractivity contribution in [3.63, 3.8) is 0 Å². The van der Waals surface area contributed by atoms with Gasteiger partial charge >= 0.3 is 0 Å². The van der Waals surface area contributed by atoms with Gasteiger partial charge in [0.25, 0.3) is 0 Å². The average molecular weight is 190 g/mol. The van der Waals surface area contributed by atoms with E-state index >= 15 is 0 Å². The second kappa shape index (κ2) is 4.94. The molecule has 0 amide bonds. The first-order valence-electron chi connectivity index (χ1n) is 4.91. The Kier molecular flexibility index (Phi) is 3.33. The molecule has 1 fully saturated rings. The van der Waals surface area contributed by atoms with Crippen LogP contribution in [0.5, 0.6) is 0 Å². The summed E-state index contributed by atoms with van der Waals surface area (Å²) in [5, 5.41) is 0. The third kappa shape index (κ3) is 2.69. The fourth-order valence-electron chi connectivity index (χ4n) is 1.37. The zero-order valence-electron chi connectivity index (χ0n) is 8.06. The van der Waals surface area contributed by atoms with Gasteiger partial charge in [0.15, 0.2) is 6.29 Å². The zero-order chi connectivity index (χ0) is 9.64. The topological polar surface area (TPSA) is 18.5 Å². The Labute approximate surface area is 84.2 Å². The monoisotopic (exact) mass is 190 g/mol. The SMILES string of the molecule is C(=CC1OCCCO1)c1ccccc1. The molecule has 1 aliphatic rings. The zero-order valence-corrected chi connectivity index (χ0v) is 8.06. The summed E-state index contributed by atoms with van der Waals surface area (Å²) in [6, 6.07) is 10.1. The summed E-state index contributed by atoms with van der Waals surface area (Å²) in [6.45, 7) is 1.59. The van der Waals surface area contributed by atoms with E-state index in [1.54, 1.807) is 0 Å². The van der Waals surface area contributed by atoms with Gasteiger partial charge in [-0.1, -0.05) is 36.4 Å². The van der Waals surface area contributed by atoms with Crippen LogP contribution in [0, 0.1) is 0 Å². The standard InChI is InChI=1S/C12H14O2/c1-2-5-11(6-3-1)7-8-12-13-9-4-10-14-12/h1-3,5-8,12H,4,9-10H2. The molecular formula is C12H14O2. The van der Waals surface area contributed by atoms with Crippen LogP contribution < -0.4 is 0 Å². The molecule has 2 heteroatoms. The van der Waals surface area contributed by atoms with Gasteiger partial charge in [0.2, 0.25) is 0 Å². The molecule has 0 bridgehead atoms. The summed E-state index contributed by atoms with van der Waals surface area (Å²) in [5.74, 6) is 0. The number of hydrogen-bond acceptors (Lipinski definition) is 2. The quantitative estimate of drug-likeness (QED) is 0.713. The molecule has 0 aromatic heterocycles. The van der Waals surface area contributed by atoms with E-state index < -0.39 is 0 Å². The van der Waals surface area contributed by atoms with Crippen molar-refractivity contribution >= 4 is 6.08 Å². The highest BCUT2D eigenvalue weighted by molar-refractivity contribution is 5.48. The van der Waals surface area contributed by atoms with E-state index in [0.29, 0.717) is 0 Å². The van der Waals surface area contributed by atoms with Gasteiger partial charge in [0, 0.05) is 0 Å². The Balaban J connectivity index is 1.93. The first-order valence-corrected chi connectivity index (χ1v) is 4.91. The van der Waals surface area contributed by atoms with Crippen LogP contribution >= 0.6 is 0 Å². The second-order valence-corrected chi connectivity index (χ2v) is 3.23. The van der Waals surface area contributed by atoms with Crippen LogP contribution in [0.25, 0.3) is 6.08 Å². The smallest absolute Gasteiger partial charge is 0.177 e. The summed E-state index contributed by atoms with van der Waals surface area (Å²) in [4.78, 5) is 0. The maximum atomic E-state index is 5.39. The highest BCUT2D eigenvalue weighted by Crippen LogP contribution is 2.08. The third-order valence-corrected chi connectivity index (χ3v) is 2.10. The van der Waals surface area contributed by atoms with Crippen LogP contribution in [0.3, 0.4) is 0 Å². The highest BCUT2D eigenvalue weighted by atomic mass is 16.7. The average Bonchev–Trinajstić information content (AvgIpc) is 2.29. The van der Waals surface area contributed by atoms with Crippen LogP contribution in [-0.4, -0.2) is 19.5 Å². The Morgan fingerprint density at radius 2 is 1.79 bits per heavy atom. The summed E-state index contributed by atoms with van der Waals surface area (Å²) < 4.78 is 10.8. The van der Waals surface area contributed by atoms with Crippen molar-refractivity contribution in [3.8, 4) is 0 Å². The van der Waals surface area contributed by atoms with Crippen LogP contribution in [0.1, 0.15) is 12.0 Å².